The molecule has 26 heavy (non-hydrogen) atoms. The molecule has 0 aliphatic heterocycles. The summed E-state index contributed by atoms with van der Waals surface area (Å²) >= 11 is 0. The molecule has 4 heteroatoms. The zero-order valence-corrected chi connectivity index (χ0v) is 14.5. The Kier molecular flexibility index (Phi) is 3.91. The quantitative estimate of drug-likeness (QED) is 0.417. The number of aromatic nitrogens is 3. The first-order chi connectivity index (χ1) is 12.7. The Morgan fingerprint density at radius 3 is 2.77 bits per heavy atom. The van der Waals surface area contributed by atoms with E-state index < -0.39 is 0 Å². The third kappa shape index (κ3) is 2.51. The highest BCUT2D eigenvalue weighted by atomic mass is 15.0. The lowest BCUT2D eigenvalue weighted by Gasteiger charge is -2.04. The fourth-order valence-corrected chi connectivity index (χ4v) is 3.38. The van der Waals surface area contributed by atoms with E-state index in [0.717, 1.165) is 39.7 Å². The van der Waals surface area contributed by atoms with Gasteiger partial charge >= 0.3 is 0 Å². The van der Waals surface area contributed by atoms with Crippen molar-refractivity contribution in [3.8, 4) is 6.07 Å². The topological polar surface area (TPSA) is 57.4 Å². The number of fused-ring (bicyclic) bond motifs is 2. The molecule has 0 spiro atoms. The molecule has 4 aromatic rings. The second-order valence-corrected chi connectivity index (χ2v) is 6.19. The summed E-state index contributed by atoms with van der Waals surface area (Å²) in [6.45, 7) is 6.66. The first-order valence-corrected chi connectivity index (χ1v) is 8.48. The van der Waals surface area contributed by atoms with Gasteiger partial charge in [-0.1, -0.05) is 36.4 Å². The lowest BCUT2D eigenvalue weighted by molar-refractivity contribution is 0.828. The average molecular weight is 338 g/mol. The van der Waals surface area contributed by atoms with E-state index in [1.807, 2.05) is 48.6 Å². The van der Waals surface area contributed by atoms with Gasteiger partial charge in [0.15, 0.2) is 0 Å². The number of hydrogen-bond donors (Lipinski definition) is 1. The highest BCUT2D eigenvalue weighted by molar-refractivity contribution is 5.99. The maximum absolute atomic E-state index is 9.74. The SMILES string of the molecule is C=CCn1c(C)c(/C=C(\C#N)c2nc3ccccc3[nH]2)c2ccccc21. The first kappa shape index (κ1) is 15.9. The zero-order chi connectivity index (χ0) is 18.1. The summed E-state index contributed by atoms with van der Waals surface area (Å²) in [6, 6.07) is 18.3. The minimum atomic E-state index is 0.519. The molecule has 0 fully saturated rings. The van der Waals surface area contributed by atoms with Gasteiger partial charge in [0, 0.05) is 28.7 Å². The molecule has 4 nitrogen and oxygen atoms in total. The van der Waals surface area contributed by atoms with Crippen LogP contribution in [0.3, 0.4) is 0 Å². The Morgan fingerprint density at radius 1 is 1.23 bits per heavy atom. The predicted molar refractivity (Wildman–Crippen MR) is 106 cm³/mol. The Hall–Kier alpha value is -3.58. The van der Waals surface area contributed by atoms with Gasteiger partial charge in [-0.2, -0.15) is 5.26 Å². The van der Waals surface area contributed by atoms with E-state index in [4.69, 9.17) is 0 Å². The molecule has 0 aliphatic rings. The number of benzene rings is 2. The number of aromatic amines is 1. The van der Waals surface area contributed by atoms with Crippen molar-refractivity contribution in [3.05, 3.63) is 78.3 Å². The monoisotopic (exact) mass is 338 g/mol. The molecule has 0 saturated heterocycles. The van der Waals surface area contributed by atoms with Crippen LogP contribution in [-0.4, -0.2) is 14.5 Å². The molecule has 0 radical (unpaired) electrons. The fraction of sp³-hybridized carbons (Fsp3) is 0.0909. The number of allylic oxidation sites excluding steroid dienone is 2. The van der Waals surface area contributed by atoms with Crippen LogP contribution in [0.1, 0.15) is 17.1 Å². The van der Waals surface area contributed by atoms with Crippen LogP contribution in [0, 0.1) is 18.3 Å². The summed E-state index contributed by atoms with van der Waals surface area (Å²) in [5.74, 6) is 0.591. The summed E-state index contributed by atoms with van der Waals surface area (Å²) in [6.07, 6.45) is 3.81. The van der Waals surface area contributed by atoms with Crippen molar-refractivity contribution in [3.63, 3.8) is 0 Å². The molecular weight excluding hydrogens is 320 g/mol. The molecule has 2 aromatic heterocycles. The van der Waals surface area contributed by atoms with Crippen LogP contribution in [0.25, 0.3) is 33.6 Å². The summed E-state index contributed by atoms with van der Waals surface area (Å²) in [5, 5.41) is 10.9. The molecule has 2 aromatic carbocycles. The predicted octanol–water partition coefficient (Wildman–Crippen LogP) is 5.08. The van der Waals surface area contributed by atoms with Gasteiger partial charge in [-0.3, -0.25) is 0 Å². The van der Waals surface area contributed by atoms with Crippen LogP contribution in [0.5, 0.6) is 0 Å². The second kappa shape index (κ2) is 6.38. The van der Waals surface area contributed by atoms with E-state index in [1.165, 1.54) is 0 Å². The Labute approximate surface area is 151 Å². The first-order valence-electron chi connectivity index (χ1n) is 8.48. The van der Waals surface area contributed by atoms with Gasteiger partial charge in [0.25, 0.3) is 0 Å². The molecule has 126 valence electrons. The number of imidazole rings is 1. The van der Waals surface area contributed by atoms with Crippen LogP contribution >= 0.6 is 0 Å². The molecule has 0 amide bonds. The van der Waals surface area contributed by atoms with Crippen LogP contribution < -0.4 is 0 Å². The maximum atomic E-state index is 9.74. The molecule has 0 atom stereocenters. The standard InChI is InChI=1S/C22H18N4/c1-3-12-26-15(2)18(17-8-4-7-11-21(17)26)13-16(14-23)22-24-19-9-5-6-10-20(19)25-22/h3-11,13H,1,12H2,2H3,(H,24,25)/b16-13+. The normalized spacial score (nSPS) is 11.8. The Bertz CT molecular complexity index is 1170. The lowest BCUT2D eigenvalue weighted by Crippen LogP contribution is -1.97. The van der Waals surface area contributed by atoms with Gasteiger partial charge in [0.1, 0.15) is 11.9 Å². The van der Waals surface area contributed by atoms with Gasteiger partial charge in [-0.15, -0.1) is 6.58 Å². The van der Waals surface area contributed by atoms with Crippen molar-refractivity contribution in [2.75, 3.05) is 0 Å². The van der Waals surface area contributed by atoms with Gasteiger partial charge in [-0.25, -0.2) is 4.98 Å². The summed E-state index contributed by atoms with van der Waals surface area (Å²) in [7, 11) is 0. The molecule has 0 saturated carbocycles. The van der Waals surface area contributed by atoms with Crippen molar-refractivity contribution >= 4 is 33.6 Å². The summed E-state index contributed by atoms with van der Waals surface area (Å²) in [5.41, 5.74) is 5.59. The van der Waals surface area contributed by atoms with Crippen molar-refractivity contribution in [1.82, 2.24) is 14.5 Å². The minimum Gasteiger partial charge on any atom is -0.340 e. The van der Waals surface area contributed by atoms with E-state index in [9.17, 15) is 5.26 Å². The molecule has 4 rings (SSSR count). The van der Waals surface area contributed by atoms with Crippen molar-refractivity contribution in [1.29, 1.82) is 5.26 Å². The third-order valence-electron chi connectivity index (χ3n) is 4.64. The minimum absolute atomic E-state index is 0.519. The maximum Gasteiger partial charge on any atom is 0.149 e. The van der Waals surface area contributed by atoms with Gasteiger partial charge in [-0.05, 0) is 31.2 Å². The lowest BCUT2D eigenvalue weighted by atomic mass is 10.1. The van der Waals surface area contributed by atoms with Crippen LogP contribution in [0.15, 0.2) is 61.2 Å². The van der Waals surface area contributed by atoms with E-state index in [1.54, 1.807) is 0 Å². The summed E-state index contributed by atoms with van der Waals surface area (Å²) < 4.78 is 2.21. The Morgan fingerprint density at radius 2 is 2.00 bits per heavy atom. The fourth-order valence-electron chi connectivity index (χ4n) is 3.38. The van der Waals surface area contributed by atoms with E-state index in [2.05, 4.69) is 46.2 Å². The molecule has 0 unspecified atom stereocenters. The van der Waals surface area contributed by atoms with Gasteiger partial charge in [0.05, 0.1) is 16.6 Å². The van der Waals surface area contributed by atoms with Crippen molar-refractivity contribution in [2.24, 2.45) is 0 Å². The number of rotatable bonds is 4. The molecule has 0 bridgehead atoms. The van der Waals surface area contributed by atoms with Crippen LogP contribution in [-0.2, 0) is 6.54 Å². The van der Waals surface area contributed by atoms with Gasteiger partial charge in [0.2, 0.25) is 0 Å². The smallest absolute Gasteiger partial charge is 0.149 e. The zero-order valence-electron chi connectivity index (χ0n) is 14.5. The molecule has 2 heterocycles. The van der Waals surface area contributed by atoms with Crippen molar-refractivity contribution < 1.29 is 0 Å². The third-order valence-corrected chi connectivity index (χ3v) is 4.64. The highest BCUT2D eigenvalue weighted by Crippen LogP contribution is 2.29. The summed E-state index contributed by atoms with van der Waals surface area (Å²) in [4.78, 5) is 7.81. The van der Waals surface area contributed by atoms with Gasteiger partial charge < -0.3 is 9.55 Å². The van der Waals surface area contributed by atoms with Crippen molar-refractivity contribution in [2.45, 2.75) is 13.5 Å². The number of nitrogens with one attached hydrogen (secondary N) is 1. The number of para-hydroxylation sites is 3. The van der Waals surface area contributed by atoms with E-state index in [0.29, 0.717) is 11.4 Å². The number of hydrogen-bond acceptors (Lipinski definition) is 2. The molecular formula is C22H18N4. The van der Waals surface area contributed by atoms with Crippen LogP contribution in [0.4, 0.5) is 0 Å². The number of H-pyrrole nitrogens is 1. The number of nitriles is 1. The molecule has 0 aliphatic carbocycles. The van der Waals surface area contributed by atoms with E-state index >= 15 is 0 Å². The van der Waals surface area contributed by atoms with Crippen LogP contribution in [0.2, 0.25) is 0 Å². The average Bonchev–Trinajstić information content (AvgIpc) is 3.20. The Balaban J connectivity index is 1.92. The largest absolute Gasteiger partial charge is 0.340 e. The highest BCUT2D eigenvalue weighted by Gasteiger charge is 2.14. The van der Waals surface area contributed by atoms with E-state index in [-0.39, 0.29) is 0 Å². The molecule has 1 N–H and O–H groups in total. The number of nitrogens with zero attached hydrogens (tertiary/aromatic N) is 3. The second-order valence-electron chi connectivity index (χ2n) is 6.19.